The lowest BCUT2D eigenvalue weighted by atomic mass is 10.1. The van der Waals surface area contributed by atoms with Crippen LogP contribution in [-0.2, 0) is 11.3 Å². The van der Waals surface area contributed by atoms with Crippen molar-refractivity contribution in [3.63, 3.8) is 0 Å². The van der Waals surface area contributed by atoms with Crippen molar-refractivity contribution in [3.05, 3.63) is 35.9 Å². The van der Waals surface area contributed by atoms with E-state index < -0.39 is 0 Å². The summed E-state index contributed by atoms with van der Waals surface area (Å²) in [5.74, 6) is 0. The van der Waals surface area contributed by atoms with Crippen molar-refractivity contribution in [2.75, 3.05) is 19.7 Å². The van der Waals surface area contributed by atoms with Gasteiger partial charge in [0.05, 0.1) is 12.7 Å². The van der Waals surface area contributed by atoms with Crippen LogP contribution in [-0.4, -0.2) is 36.7 Å². The molecular weight excluding hydrogens is 200 g/mol. The van der Waals surface area contributed by atoms with E-state index in [-0.39, 0.29) is 12.1 Å². The minimum atomic E-state index is 0.110. The molecule has 0 spiro atoms. The second-order valence-corrected chi connectivity index (χ2v) is 4.49. The van der Waals surface area contributed by atoms with Crippen LogP contribution in [0.15, 0.2) is 30.3 Å². The predicted octanol–water partition coefficient (Wildman–Crippen LogP) is 1.23. The van der Waals surface area contributed by atoms with Gasteiger partial charge in [0.2, 0.25) is 0 Å². The molecule has 0 radical (unpaired) electrons. The molecular formula is C13H20N2O. The molecule has 0 unspecified atom stereocenters. The fourth-order valence-corrected chi connectivity index (χ4v) is 2.03. The molecule has 2 N–H and O–H groups in total. The fourth-order valence-electron chi connectivity index (χ4n) is 2.03. The highest BCUT2D eigenvalue weighted by Crippen LogP contribution is 2.11. The van der Waals surface area contributed by atoms with Gasteiger partial charge in [-0.05, 0) is 12.5 Å². The molecule has 0 saturated carbocycles. The van der Waals surface area contributed by atoms with E-state index in [1.54, 1.807) is 0 Å². The van der Waals surface area contributed by atoms with E-state index in [0.29, 0.717) is 0 Å². The first-order valence-corrected chi connectivity index (χ1v) is 5.89. The molecule has 0 aliphatic carbocycles. The Balaban J connectivity index is 1.90. The minimum absolute atomic E-state index is 0.110. The molecule has 0 amide bonds. The molecule has 3 heteroatoms. The maximum absolute atomic E-state index is 5.87. The van der Waals surface area contributed by atoms with Crippen LogP contribution in [0.25, 0.3) is 0 Å². The molecule has 0 aromatic heterocycles. The summed E-state index contributed by atoms with van der Waals surface area (Å²) in [5.41, 5.74) is 7.23. The van der Waals surface area contributed by atoms with Crippen molar-refractivity contribution in [2.24, 2.45) is 5.73 Å². The molecule has 2 rings (SSSR count). The lowest BCUT2D eigenvalue weighted by molar-refractivity contribution is -0.0403. The Bertz CT molecular complexity index is 313. The molecule has 1 aromatic carbocycles. The zero-order chi connectivity index (χ0) is 11.4. The summed E-state index contributed by atoms with van der Waals surface area (Å²) in [5, 5.41) is 0. The Morgan fingerprint density at radius 1 is 1.44 bits per heavy atom. The molecule has 1 aromatic rings. The van der Waals surface area contributed by atoms with Crippen molar-refractivity contribution < 1.29 is 4.74 Å². The first kappa shape index (κ1) is 11.6. The van der Waals surface area contributed by atoms with Gasteiger partial charge in [0.15, 0.2) is 0 Å². The quantitative estimate of drug-likeness (QED) is 0.833. The van der Waals surface area contributed by atoms with Gasteiger partial charge in [-0.25, -0.2) is 0 Å². The summed E-state index contributed by atoms with van der Waals surface area (Å²) in [6.07, 6.45) is 0.178. The Hall–Kier alpha value is -0.900. The van der Waals surface area contributed by atoms with Gasteiger partial charge in [0.1, 0.15) is 0 Å². The van der Waals surface area contributed by atoms with Crippen molar-refractivity contribution in [1.29, 1.82) is 0 Å². The van der Waals surface area contributed by atoms with Gasteiger partial charge in [0, 0.05) is 25.7 Å². The highest BCUT2D eigenvalue weighted by Gasteiger charge is 2.23. The van der Waals surface area contributed by atoms with Crippen LogP contribution in [0.5, 0.6) is 0 Å². The summed E-state index contributed by atoms with van der Waals surface area (Å²) in [6, 6.07) is 10.6. The lowest BCUT2D eigenvalue weighted by Gasteiger charge is -2.34. The number of hydrogen-bond acceptors (Lipinski definition) is 3. The number of nitrogens with two attached hydrogens (primary N) is 1. The second kappa shape index (κ2) is 5.43. The Labute approximate surface area is 97.2 Å². The van der Waals surface area contributed by atoms with Gasteiger partial charge in [-0.2, -0.15) is 0 Å². The number of benzene rings is 1. The summed E-state index contributed by atoms with van der Waals surface area (Å²) in [4.78, 5) is 2.41. The Morgan fingerprint density at radius 3 is 2.88 bits per heavy atom. The van der Waals surface area contributed by atoms with Crippen LogP contribution in [0, 0.1) is 0 Å². The van der Waals surface area contributed by atoms with Crippen LogP contribution in [0.3, 0.4) is 0 Å². The smallest absolute Gasteiger partial charge is 0.0850 e. The van der Waals surface area contributed by atoms with Gasteiger partial charge in [-0.1, -0.05) is 30.3 Å². The fraction of sp³-hybridized carbons (Fsp3) is 0.538. The molecule has 0 bridgehead atoms. The SMILES string of the molecule is C[C@H](N)[C@H]1CN(Cc2ccccc2)CCO1. The predicted molar refractivity (Wildman–Crippen MR) is 65.1 cm³/mol. The summed E-state index contributed by atoms with van der Waals surface area (Å²) < 4.78 is 5.64. The molecule has 1 heterocycles. The monoisotopic (exact) mass is 220 g/mol. The Morgan fingerprint density at radius 2 is 2.19 bits per heavy atom. The third-order valence-electron chi connectivity index (χ3n) is 3.01. The van der Waals surface area contributed by atoms with E-state index in [0.717, 1.165) is 26.2 Å². The zero-order valence-electron chi connectivity index (χ0n) is 9.80. The normalized spacial score (nSPS) is 24.2. The number of ether oxygens (including phenoxy) is 1. The average Bonchev–Trinajstić information content (AvgIpc) is 2.30. The van der Waals surface area contributed by atoms with Gasteiger partial charge in [-0.15, -0.1) is 0 Å². The number of morpholine rings is 1. The Kier molecular flexibility index (Phi) is 3.93. The van der Waals surface area contributed by atoms with Crippen molar-refractivity contribution in [3.8, 4) is 0 Å². The first-order valence-electron chi connectivity index (χ1n) is 5.89. The summed E-state index contributed by atoms with van der Waals surface area (Å²) >= 11 is 0. The maximum Gasteiger partial charge on any atom is 0.0850 e. The summed E-state index contributed by atoms with van der Waals surface area (Å²) in [6.45, 7) is 5.73. The number of nitrogens with zero attached hydrogens (tertiary/aromatic N) is 1. The third-order valence-corrected chi connectivity index (χ3v) is 3.01. The molecule has 1 fully saturated rings. The van der Waals surface area contributed by atoms with Crippen LogP contribution >= 0.6 is 0 Å². The third kappa shape index (κ3) is 3.04. The minimum Gasteiger partial charge on any atom is -0.374 e. The maximum atomic E-state index is 5.87. The van der Waals surface area contributed by atoms with Crippen LogP contribution in [0.4, 0.5) is 0 Å². The summed E-state index contributed by atoms with van der Waals surface area (Å²) in [7, 11) is 0. The number of rotatable bonds is 3. The van der Waals surface area contributed by atoms with Crippen molar-refractivity contribution in [2.45, 2.75) is 25.6 Å². The standard InChI is InChI=1S/C13H20N2O/c1-11(14)13-10-15(7-8-16-13)9-12-5-3-2-4-6-12/h2-6,11,13H,7-10,14H2,1H3/t11-,13+/m0/s1. The molecule has 2 atom stereocenters. The van der Waals surface area contributed by atoms with E-state index in [9.17, 15) is 0 Å². The number of hydrogen-bond donors (Lipinski definition) is 1. The molecule has 88 valence electrons. The van der Waals surface area contributed by atoms with Crippen molar-refractivity contribution in [1.82, 2.24) is 4.90 Å². The first-order chi connectivity index (χ1) is 7.75. The second-order valence-electron chi connectivity index (χ2n) is 4.49. The van der Waals surface area contributed by atoms with E-state index in [2.05, 4.69) is 29.2 Å². The topological polar surface area (TPSA) is 38.5 Å². The van der Waals surface area contributed by atoms with E-state index in [4.69, 9.17) is 10.5 Å². The molecule has 1 saturated heterocycles. The van der Waals surface area contributed by atoms with Crippen LogP contribution < -0.4 is 5.73 Å². The average molecular weight is 220 g/mol. The van der Waals surface area contributed by atoms with E-state index in [1.165, 1.54) is 5.56 Å². The van der Waals surface area contributed by atoms with Gasteiger partial charge in [0.25, 0.3) is 0 Å². The van der Waals surface area contributed by atoms with E-state index in [1.807, 2.05) is 13.0 Å². The molecule has 3 nitrogen and oxygen atoms in total. The van der Waals surface area contributed by atoms with Gasteiger partial charge >= 0.3 is 0 Å². The highest BCUT2D eigenvalue weighted by molar-refractivity contribution is 5.14. The van der Waals surface area contributed by atoms with E-state index >= 15 is 0 Å². The zero-order valence-corrected chi connectivity index (χ0v) is 9.80. The van der Waals surface area contributed by atoms with Crippen molar-refractivity contribution >= 4 is 0 Å². The molecule has 1 aliphatic rings. The molecule has 16 heavy (non-hydrogen) atoms. The van der Waals surface area contributed by atoms with Gasteiger partial charge in [-0.3, -0.25) is 4.90 Å². The molecule has 1 aliphatic heterocycles. The van der Waals surface area contributed by atoms with Crippen LogP contribution in [0.1, 0.15) is 12.5 Å². The highest BCUT2D eigenvalue weighted by atomic mass is 16.5. The lowest BCUT2D eigenvalue weighted by Crippen LogP contribution is -2.49. The largest absolute Gasteiger partial charge is 0.374 e. The van der Waals surface area contributed by atoms with Gasteiger partial charge < -0.3 is 10.5 Å². The van der Waals surface area contributed by atoms with Crippen LogP contribution in [0.2, 0.25) is 0 Å².